The molecule has 11 aliphatic carbocycles. The minimum Gasteiger partial charge on any atom is -0.338 e. The maximum absolute atomic E-state index is 2.89. The lowest BCUT2D eigenvalue weighted by Gasteiger charge is -2.63. The molecule has 3 aromatic carbocycles. The second-order valence-corrected chi connectivity index (χ2v) is 25.2. The van der Waals surface area contributed by atoms with Gasteiger partial charge in [0.2, 0.25) is 0 Å². The quantitative estimate of drug-likeness (QED) is 0.218. The highest BCUT2D eigenvalue weighted by atomic mass is 15.2. The van der Waals surface area contributed by atoms with Crippen LogP contribution in [0.1, 0.15) is 129 Å². The van der Waals surface area contributed by atoms with Crippen molar-refractivity contribution in [2.75, 3.05) is 4.90 Å². The predicted molar refractivity (Wildman–Crippen MR) is 286 cm³/mol. The summed E-state index contributed by atoms with van der Waals surface area (Å²) in [6.45, 7) is 20.2. The van der Waals surface area contributed by atoms with Gasteiger partial charge in [0.05, 0.1) is 12.1 Å². The van der Waals surface area contributed by atoms with Crippen LogP contribution in [0.5, 0.6) is 0 Å². The number of allylic oxidation sites excluding steroid dienone is 14. The minimum absolute atomic E-state index is 0.0294. The monoisotopic (exact) mass is 905 g/mol. The molecule has 9 unspecified atom stereocenters. The Labute approximate surface area is 413 Å². The molecule has 0 aromatic heterocycles. The molecular weight excluding hydrogens is 833 g/mol. The van der Waals surface area contributed by atoms with Crippen LogP contribution in [-0.4, -0.2) is 17.0 Å². The molecule has 0 N–H and O–H groups in total. The molecule has 11 aliphatic rings. The van der Waals surface area contributed by atoms with Crippen LogP contribution in [0.3, 0.4) is 0 Å². The molecule has 0 aliphatic heterocycles. The number of hydrogen-bond donors (Lipinski definition) is 0. The van der Waals surface area contributed by atoms with Gasteiger partial charge in [-0.1, -0.05) is 176 Å². The van der Waals surface area contributed by atoms with Crippen LogP contribution in [0.15, 0.2) is 190 Å². The van der Waals surface area contributed by atoms with E-state index in [9.17, 15) is 0 Å². The summed E-state index contributed by atoms with van der Waals surface area (Å²) in [6, 6.07) is 30.8. The summed E-state index contributed by atoms with van der Waals surface area (Å²) in [7, 11) is 0. The van der Waals surface area contributed by atoms with Gasteiger partial charge in [0.25, 0.3) is 0 Å². The number of nitrogens with zero attached hydrogens (tertiary/aromatic N) is 2. The molecule has 350 valence electrons. The summed E-state index contributed by atoms with van der Waals surface area (Å²) >= 11 is 0. The van der Waals surface area contributed by atoms with E-state index in [0.29, 0.717) is 59.3 Å². The van der Waals surface area contributed by atoms with Crippen LogP contribution in [0, 0.1) is 52.8 Å². The van der Waals surface area contributed by atoms with Crippen molar-refractivity contribution in [2.24, 2.45) is 52.8 Å². The predicted octanol–water partition coefficient (Wildman–Crippen LogP) is 16.0. The normalized spacial score (nSPS) is 33.9. The van der Waals surface area contributed by atoms with Crippen molar-refractivity contribution in [3.63, 3.8) is 0 Å². The van der Waals surface area contributed by atoms with E-state index in [1.54, 1.807) is 44.7 Å². The van der Waals surface area contributed by atoms with E-state index in [1.807, 2.05) is 5.57 Å². The van der Waals surface area contributed by atoms with Crippen LogP contribution in [0.25, 0.3) is 5.57 Å². The fourth-order valence-corrected chi connectivity index (χ4v) is 17.2. The van der Waals surface area contributed by atoms with Gasteiger partial charge in [0, 0.05) is 57.3 Å². The zero-order valence-corrected chi connectivity index (χ0v) is 42.5. The Morgan fingerprint density at radius 2 is 1.46 bits per heavy atom. The molecule has 0 spiro atoms. The summed E-state index contributed by atoms with van der Waals surface area (Å²) in [5, 5.41) is 0. The molecule has 0 saturated heterocycles. The van der Waals surface area contributed by atoms with Crippen LogP contribution in [0.4, 0.5) is 5.69 Å². The standard InChI is InChI=1S/C67H72N2/c1-39(2)50-38-59(69(42-21-13-10-14-22-42)44-34-52-62-48-24-16-18-26-54(48)67(7,8)57(36-44)63(52)62)51-37-56-60-40(31-32-65(56,3)4)33-58(49-30-29-47(50)61(51)64(49)60)68(41-19-11-9-12-20-41)43-27-28-46-45-23-15-17-25-53(45)66(5,6)55(46)35-43/h9,11-13,15-26,29-30,33-36,38-40,43,46,49,51,56,59-60,63-64H,10,14,27-28,31-32,37H2,1-8H3/t40?,43?,46?,49?,51?,56?,59?,60?,63-,64?/m0/s1. The van der Waals surface area contributed by atoms with Crippen LogP contribution < -0.4 is 4.90 Å². The third kappa shape index (κ3) is 5.96. The molecule has 69 heavy (non-hydrogen) atoms. The molecule has 14 rings (SSSR count). The Morgan fingerprint density at radius 3 is 2.26 bits per heavy atom. The van der Waals surface area contributed by atoms with Gasteiger partial charge in [-0.2, -0.15) is 0 Å². The molecule has 0 amide bonds. The summed E-state index contributed by atoms with van der Waals surface area (Å²) in [6.07, 6.45) is 35.1. The second-order valence-electron chi connectivity index (χ2n) is 25.2. The molecule has 2 heteroatoms. The third-order valence-electron chi connectivity index (χ3n) is 20.4. The van der Waals surface area contributed by atoms with Crippen molar-refractivity contribution in [1.29, 1.82) is 0 Å². The highest BCUT2D eigenvalue weighted by molar-refractivity contribution is 5.97. The Bertz CT molecular complexity index is 3050. The number of para-hydroxylation sites is 1. The highest BCUT2D eigenvalue weighted by Crippen LogP contribution is 2.68. The van der Waals surface area contributed by atoms with E-state index in [-0.39, 0.29) is 22.3 Å². The summed E-state index contributed by atoms with van der Waals surface area (Å²) in [4.78, 5) is 5.78. The molecule has 0 bridgehead atoms. The van der Waals surface area contributed by atoms with E-state index in [2.05, 4.69) is 205 Å². The molecule has 10 atom stereocenters. The first-order valence-corrected chi connectivity index (χ1v) is 27.3. The topological polar surface area (TPSA) is 6.48 Å². The van der Waals surface area contributed by atoms with Crippen molar-refractivity contribution >= 4 is 11.3 Å². The number of rotatable bonds is 7. The lowest BCUT2D eigenvalue weighted by atomic mass is 9.44. The van der Waals surface area contributed by atoms with Gasteiger partial charge >= 0.3 is 0 Å². The lowest BCUT2D eigenvalue weighted by Crippen LogP contribution is -2.57. The molecule has 0 heterocycles. The summed E-state index contributed by atoms with van der Waals surface area (Å²) < 4.78 is 0. The summed E-state index contributed by atoms with van der Waals surface area (Å²) in [5.74, 6) is 4.53. The molecule has 3 aromatic rings. The molecule has 2 nitrogen and oxygen atoms in total. The smallest absolute Gasteiger partial charge is 0.0594 e. The highest BCUT2D eigenvalue weighted by Gasteiger charge is 2.60. The first kappa shape index (κ1) is 42.5. The lowest BCUT2D eigenvalue weighted by molar-refractivity contribution is -0.0390. The Morgan fingerprint density at radius 1 is 0.696 bits per heavy atom. The van der Waals surface area contributed by atoms with Gasteiger partial charge in [0.1, 0.15) is 0 Å². The van der Waals surface area contributed by atoms with Crippen LogP contribution in [-0.2, 0) is 10.8 Å². The molecule has 2 saturated carbocycles. The van der Waals surface area contributed by atoms with Crippen molar-refractivity contribution in [3.05, 3.63) is 212 Å². The number of fused-ring (bicyclic) bond motifs is 5. The fraction of sp³-hybridized carbons (Fsp3) is 0.433. The first-order valence-electron chi connectivity index (χ1n) is 27.3. The van der Waals surface area contributed by atoms with Crippen molar-refractivity contribution in [3.8, 4) is 0 Å². The number of benzene rings is 3. The average Bonchev–Trinajstić information content (AvgIpc) is 4.04. The Kier molecular flexibility index (Phi) is 9.15. The van der Waals surface area contributed by atoms with Crippen molar-refractivity contribution < 1.29 is 0 Å². The van der Waals surface area contributed by atoms with E-state index in [1.165, 1.54) is 59.5 Å². The van der Waals surface area contributed by atoms with Gasteiger partial charge in [-0.25, -0.2) is 0 Å². The largest absolute Gasteiger partial charge is 0.338 e. The van der Waals surface area contributed by atoms with Gasteiger partial charge in [-0.3, -0.25) is 0 Å². The van der Waals surface area contributed by atoms with E-state index in [4.69, 9.17) is 0 Å². The molecule has 0 radical (unpaired) electrons. The van der Waals surface area contributed by atoms with E-state index in [0.717, 1.165) is 19.3 Å². The zero-order chi connectivity index (χ0) is 46.9. The van der Waals surface area contributed by atoms with Gasteiger partial charge in [0.15, 0.2) is 0 Å². The van der Waals surface area contributed by atoms with Gasteiger partial charge < -0.3 is 9.80 Å². The minimum atomic E-state index is -0.0294. The molecule has 2 fully saturated rings. The second kappa shape index (κ2) is 14.8. The Balaban J connectivity index is 0.924. The van der Waals surface area contributed by atoms with Gasteiger partial charge in [-0.05, 0) is 160 Å². The van der Waals surface area contributed by atoms with Gasteiger partial charge in [-0.15, -0.1) is 0 Å². The van der Waals surface area contributed by atoms with Crippen LogP contribution >= 0.6 is 0 Å². The first-order chi connectivity index (χ1) is 33.3. The van der Waals surface area contributed by atoms with Crippen LogP contribution in [0.2, 0.25) is 0 Å². The van der Waals surface area contributed by atoms with Crippen molar-refractivity contribution in [1.82, 2.24) is 4.90 Å². The SMILES string of the molecule is CC(C)C1=CC(N(C2=CCCC=C2)C2=CC3=C4c5ccccc5C(C)(C)C(=C2)[C@H]34)C2CC3C4C(C=C(N(c5ccccc5)C5C=C6C(CC5)c5ccccc5C6(C)C)C5C=CC1=C2C54)CCC3(C)C. The average molecular weight is 905 g/mol. The number of hydrogen-bond acceptors (Lipinski definition) is 2. The maximum atomic E-state index is 2.89. The maximum Gasteiger partial charge on any atom is 0.0594 e. The van der Waals surface area contributed by atoms with E-state index >= 15 is 0 Å². The van der Waals surface area contributed by atoms with E-state index < -0.39 is 0 Å². The fourth-order valence-electron chi connectivity index (χ4n) is 17.2. The summed E-state index contributed by atoms with van der Waals surface area (Å²) in [5.41, 5.74) is 23.5. The zero-order valence-electron chi connectivity index (χ0n) is 42.5. The Hall–Kier alpha value is -5.34. The third-order valence-corrected chi connectivity index (χ3v) is 20.4. The number of anilines is 1. The molecular formula is C67H72N2. The van der Waals surface area contributed by atoms with Crippen molar-refractivity contribution in [2.45, 2.75) is 129 Å².